The zero-order valence-corrected chi connectivity index (χ0v) is 21.2. The summed E-state index contributed by atoms with van der Waals surface area (Å²) < 4.78 is 31.8. The van der Waals surface area contributed by atoms with E-state index in [4.69, 9.17) is 4.52 Å². The number of hydrogen-bond donors (Lipinski definition) is 1. The Morgan fingerprint density at radius 1 is 1.16 bits per heavy atom. The normalized spacial score (nSPS) is 14.8. The van der Waals surface area contributed by atoms with Gasteiger partial charge < -0.3 is 14.4 Å². The molecule has 0 aliphatic carbocycles. The van der Waals surface area contributed by atoms with Crippen LogP contribution in [-0.2, 0) is 6.54 Å². The molecule has 1 amide bonds. The molecule has 1 N–H and O–H groups in total. The third-order valence-corrected chi connectivity index (χ3v) is 7.23. The Morgan fingerprint density at radius 2 is 1.97 bits per heavy atom. The summed E-state index contributed by atoms with van der Waals surface area (Å²) in [5.74, 6) is 0.103. The number of benzene rings is 2. The van der Waals surface area contributed by atoms with Gasteiger partial charge in [-0.05, 0) is 85.6 Å². The molecular formula is C29H30F2N4O3. The van der Waals surface area contributed by atoms with Crippen LogP contribution in [0.5, 0.6) is 0 Å². The number of amides is 1. The molecule has 1 fully saturated rings. The molecule has 0 spiro atoms. The Kier molecular flexibility index (Phi) is 7.64. The maximum Gasteiger partial charge on any atom is 0.258 e. The van der Waals surface area contributed by atoms with Crippen molar-refractivity contribution in [3.63, 3.8) is 0 Å². The van der Waals surface area contributed by atoms with Gasteiger partial charge in [-0.2, -0.15) is 0 Å². The van der Waals surface area contributed by atoms with Crippen LogP contribution in [0.4, 0.5) is 8.78 Å². The van der Waals surface area contributed by atoms with E-state index in [9.17, 15) is 18.4 Å². The summed E-state index contributed by atoms with van der Waals surface area (Å²) in [6, 6.07) is 14.8. The lowest BCUT2D eigenvalue weighted by atomic mass is 9.96. The first-order valence-electron chi connectivity index (χ1n) is 12.8. The number of carbonyl (C=O) groups excluding carboxylic acids is 1. The highest BCUT2D eigenvalue weighted by Crippen LogP contribution is 2.25. The molecule has 198 valence electrons. The quantitative estimate of drug-likeness (QED) is 0.364. The maximum atomic E-state index is 13.2. The minimum Gasteiger partial charge on any atom is -0.364 e. The zero-order chi connectivity index (χ0) is 26.6. The lowest BCUT2D eigenvalue weighted by molar-refractivity contribution is 0.0683. The summed E-state index contributed by atoms with van der Waals surface area (Å²) in [6.45, 7) is 3.80. The fourth-order valence-corrected chi connectivity index (χ4v) is 5.06. The predicted molar refractivity (Wildman–Crippen MR) is 141 cm³/mol. The van der Waals surface area contributed by atoms with Gasteiger partial charge in [0, 0.05) is 29.3 Å². The van der Waals surface area contributed by atoms with Crippen molar-refractivity contribution >= 4 is 16.7 Å². The number of pyridine rings is 1. The Morgan fingerprint density at radius 3 is 2.71 bits per heavy atom. The van der Waals surface area contributed by atoms with Gasteiger partial charge >= 0.3 is 0 Å². The highest BCUT2D eigenvalue weighted by atomic mass is 19.3. The molecule has 0 unspecified atom stereocenters. The predicted octanol–water partition coefficient (Wildman–Crippen LogP) is 4.72. The Balaban J connectivity index is 1.23. The number of rotatable bonds is 8. The van der Waals surface area contributed by atoms with Crippen molar-refractivity contribution in [1.82, 2.24) is 19.9 Å². The summed E-state index contributed by atoms with van der Waals surface area (Å²) in [7, 11) is 0. The largest absolute Gasteiger partial charge is 0.364 e. The van der Waals surface area contributed by atoms with Gasteiger partial charge in [-0.15, -0.1) is 0 Å². The smallest absolute Gasteiger partial charge is 0.258 e. The molecule has 1 aliphatic rings. The van der Waals surface area contributed by atoms with Crippen LogP contribution in [-0.4, -0.2) is 53.1 Å². The van der Waals surface area contributed by atoms with Crippen LogP contribution in [0.3, 0.4) is 0 Å². The van der Waals surface area contributed by atoms with Crippen LogP contribution >= 0.6 is 0 Å². The zero-order valence-electron chi connectivity index (χ0n) is 21.2. The number of aromatic nitrogens is 2. The molecule has 7 nitrogen and oxygen atoms in total. The SMILES string of the molecule is Cc1nocc1-c1ccc2c(=O)n(Cc3cccc(C(=O)NCC4CCN(CC(F)F)CC4)c3)ccc2c1. The standard InChI is InChI=1S/C29H30F2N4O3/c1-19-26(18-38-33-19)22-5-6-25-23(14-22)9-12-35(29(25)37)16-21-3-2-4-24(13-21)28(36)32-15-20-7-10-34(11-8-20)17-27(30)31/h2-6,9,12-14,18,20,27H,7-8,10-11,15-17H2,1H3,(H,32,36). The van der Waals surface area contributed by atoms with E-state index in [2.05, 4.69) is 10.5 Å². The molecule has 1 aliphatic heterocycles. The highest BCUT2D eigenvalue weighted by molar-refractivity contribution is 5.94. The Hall–Kier alpha value is -3.85. The molecule has 5 rings (SSSR count). The minimum atomic E-state index is -2.31. The van der Waals surface area contributed by atoms with E-state index in [1.807, 2.05) is 43.3 Å². The second-order valence-electron chi connectivity index (χ2n) is 9.91. The summed E-state index contributed by atoms with van der Waals surface area (Å²) in [5, 5.41) is 8.35. The molecule has 1 saturated heterocycles. The highest BCUT2D eigenvalue weighted by Gasteiger charge is 2.22. The van der Waals surface area contributed by atoms with Gasteiger partial charge in [0.2, 0.25) is 0 Å². The van der Waals surface area contributed by atoms with Crippen LogP contribution in [0, 0.1) is 12.8 Å². The van der Waals surface area contributed by atoms with E-state index in [1.54, 1.807) is 34.1 Å². The first-order valence-corrected chi connectivity index (χ1v) is 12.8. The van der Waals surface area contributed by atoms with Crippen LogP contribution in [0.15, 0.2) is 70.3 Å². The molecule has 4 aromatic rings. The topological polar surface area (TPSA) is 80.4 Å². The molecular weight excluding hydrogens is 490 g/mol. The van der Waals surface area contributed by atoms with E-state index in [1.165, 1.54) is 0 Å². The van der Waals surface area contributed by atoms with Gasteiger partial charge in [0.1, 0.15) is 6.26 Å². The maximum absolute atomic E-state index is 13.2. The number of nitrogens with zero attached hydrogens (tertiary/aromatic N) is 3. The minimum absolute atomic E-state index is 0.107. The number of aryl methyl sites for hydroxylation is 1. The van der Waals surface area contributed by atoms with Gasteiger partial charge in [-0.25, -0.2) is 8.78 Å². The molecule has 38 heavy (non-hydrogen) atoms. The van der Waals surface area contributed by atoms with Gasteiger partial charge in [0.05, 0.1) is 18.8 Å². The fourth-order valence-electron chi connectivity index (χ4n) is 5.06. The number of nitrogens with one attached hydrogen (secondary N) is 1. The van der Waals surface area contributed by atoms with Crippen molar-refractivity contribution in [3.8, 4) is 11.1 Å². The summed E-state index contributed by atoms with van der Waals surface area (Å²) in [4.78, 5) is 27.8. The van der Waals surface area contributed by atoms with Crippen molar-refractivity contribution in [2.45, 2.75) is 32.7 Å². The number of halogens is 2. The van der Waals surface area contributed by atoms with Crippen molar-refractivity contribution in [2.24, 2.45) is 5.92 Å². The molecule has 2 aromatic carbocycles. The lowest BCUT2D eigenvalue weighted by Crippen LogP contribution is -2.40. The molecule has 0 atom stereocenters. The van der Waals surface area contributed by atoms with Crippen molar-refractivity contribution < 1.29 is 18.1 Å². The van der Waals surface area contributed by atoms with Crippen LogP contribution in [0.1, 0.15) is 34.5 Å². The first kappa shape index (κ1) is 25.8. The second-order valence-corrected chi connectivity index (χ2v) is 9.91. The summed E-state index contributed by atoms with van der Waals surface area (Å²) >= 11 is 0. The van der Waals surface area contributed by atoms with E-state index >= 15 is 0 Å². The Labute approximate surface area is 219 Å². The van der Waals surface area contributed by atoms with Crippen molar-refractivity contribution in [2.75, 3.05) is 26.2 Å². The number of hydrogen-bond acceptors (Lipinski definition) is 5. The first-order chi connectivity index (χ1) is 18.4. The summed E-state index contributed by atoms with van der Waals surface area (Å²) in [6.07, 6.45) is 2.63. The van der Waals surface area contributed by atoms with E-state index in [-0.39, 0.29) is 23.9 Å². The number of piperidine rings is 1. The van der Waals surface area contributed by atoms with E-state index in [0.717, 1.165) is 40.6 Å². The number of alkyl halides is 2. The van der Waals surface area contributed by atoms with Crippen LogP contribution < -0.4 is 10.9 Å². The van der Waals surface area contributed by atoms with Crippen molar-refractivity contribution in [3.05, 3.63) is 88.2 Å². The monoisotopic (exact) mass is 520 g/mol. The molecule has 0 saturated carbocycles. The molecule has 2 aromatic heterocycles. The number of fused-ring (bicyclic) bond motifs is 1. The van der Waals surface area contributed by atoms with Gasteiger partial charge in [0.25, 0.3) is 17.9 Å². The third-order valence-electron chi connectivity index (χ3n) is 7.23. The molecule has 3 heterocycles. The molecule has 9 heteroatoms. The van der Waals surface area contributed by atoms with Crippen LogP contribution in [0.2, 0.25) is 0 Å². The molecule has 0 bridgehead atoms. The van der Waals surface area contributed by atoms with Gasteiger partial charge in [-0.3, -0.25) is 14.5 Å². The van der Waals surface area contributed by atoms with Crippen LogP contribution in [0.25, 0.3) is 21.9 Å². The average Bonchev–Trinajstić information content (AvgIpc) is 3.35. The average molecular weight is 521 g/mol. The third kappa shape index (κ3) is 5.83. The van der Waals surface area contributed by atoms with Gasteiger partial charge in [-0.1, -0.05) is 23.4 Å². The van der Waals surface area contributed by atoms with E-state index < -0.39 is 6.43 Å². The number of carbonyl (C=O) groups is 1. The number of likely N-dealkylation sites (tertiary alicyclic amines) is 1. The lowest BCUT2D eigenvalue weighted by Gasteiger charge is -2.31. The van der Waals surface area contributed by atoms with Gasteiger partial charge in [0.15, 0.2) is 0 Å². The van der Waals surface area contributed by atoms with E-state index in [0.29, 0.717) is 37.1 Å². The van der Waals surface area contributed by atoms with Crippen molar-refractivity contribution in [1.29, 1.82) is 0 Å². The molecule has 0 radical (unpaired) electrons. The summed E-state index contributed by atoms with van der Waals surface area (Å²) in [5.41, 5.74) is 3.88. The fraction of sp³-hybridized carbons (Fsp3) is 0.345. The Bertz CT molecular complexity index is 1490. The second kappa shape index (κ2) is 11.3.